The maximum absolute atomic E-state index is 12.4. The third-order valence-corrected chi connectivity index (χ3v) is 4.92. The van der Waals surface area contributed by atoms with Crippen molar-refractivity contribution >= 4 is 5.78 Å². The second-order valence-corrected chi connectivity index (χ2v) is 7.15. The van der Waals surface area contributed by atoms with E-state index in [9.17, 15) is 4.79 Å². The fraction of sp³-hybridized carbons (Fsp3) is 0.938. The first-order valence-electron chi connectivity index (χ1n) is 7.94. The van der Waals surface area contributed by atoms with E-state index in [0.717, 1.165) is 25.9 Å². The second-order valence-electron chi connectivity index (χ2n) is 7.15. The number of ketones is 1. The number of hydrogen-bond donors (Lipinski definition) is 0. The van der Waals surface area contributed by atoms with Crippen molar-refractivity contribution in [3.8, 4) is 0 Å². The summed E-state index contributed by atoms with van der Waals surface area (Å²) >= 11 is 0. The van der Waals surface area contributed by atoms with Crippen LogP contribution in [-0.4, -0.2) is 55.4 Å². The predicted octanol–water partition coefficient (Wildman–Crippen LogP) is 2.41. The summed E-state index contributed by atoms with van der Waals surface area (Å²) in [6, 6.07) is 0. The van der Waals surface area contributed by atoms with Gasteiger partial charge in [-0.05, 0) is 45.8 Å². The summed E-state index contributed by atoms with van der Waals surface area (Å²) in [6.45, 7) is 9.99. The fourth-order valence-corrected chi connectivity index (χ4v) is 3.56. The highest BCUT2D eigenvalue weighted by atomic mass is 16.1. The zero-order chi connectivity index (χ0) is 13.9. The highest BCUT2D eigenvalue weighted by Crippen LogP contribution is 2.35. The maximum atomic E-state index is 12.4. The van der Waals surface area contributed by atoms with Gasteiger partial charge in [0.1, 0.15) is 5.78 Å². The SMILES string of the molecule is CN(CCN1CCCC1)CC1CCCC(C)(C)C1=O. The molecule has 3 nitrogen and oxygen atoms in total. The topological polar surface area (TPSA) is 23.6 Å². The molecule has 0 bridgehead atoms. The van der Waals surface area contributed by atoms with Gasteiger partial charge in [0.25, 0.3) is 0 Å². The van der Waals surface area contributed by atoms with Crippen LogP contribution in [0.1, 0.15) is 46.0 Å². The summed E-state index contributed by atoms with van der Waals surface area (Å²) in [5.41, 5.74) is -0.0846. The Morgan fingerprint density at radius 1 is 1.26 bits per heavy atom. The van der Waals surface area contributed by atoms with E-state index in [1.165, 1.54) is 38.9 Å². The van der Waals surface area contributed by atoms with Gasteiger partial charge in [-0.2, -0.15) is 0 Å². The van der Waals surface area contributed by atoms with E-state index >= 15 is 0 Å². The average molecular weight is 266 g/mol. The molecule has 3 heteroatoms. The molecule has 19 heavy (non-hydrogen) atoms. The van der Waals surface area contributed by atoms with Gasteiger partial charge in [-0.15, -0.1) is 0 Å². The molecule has 2 rings (SSSR count). The van der Waals surface area contributed by atoms with Gasteiger partial charge in [0, 0.05) is 31.0 Å². The molecule has 0 N–H and O–H groups in total. The molecule has 0 aromatic carbocycles. The smallest absolute Gasteiger partial charge is 0.142 e. The van der Waals surface area contributed by atoms with Gasteiger partial charge in [0.05, 0.1) is 0 Å². The van der Waals surface area contributed by atoms with Crippen molar-refractivity contribution in [3.05, 3.63) is 0 Å². The fourth-order valence-electron chi connectivity index (χ4n) is 3.56. The first-order valence-corrected chi connectivity index (χ1v) is 7.94. The van der Waals surface area contributed by atoms with Crippen LogP contribution in [0.5, 0.6) is 0 Å². The van der Waals surface area contributed by atoms with Crippen LogP contribution in [-0.2, 0) is 4.79 Å². The minimum absolute atomic E-state index is 0.0846. The molecule has 2 aliphatic rings. The van der Waals surface area contributed by atoms with Crippen LogP contribution in [0.15, 0.2) is 0 Å². The number of hydrogen-bond acceptors (Lipinski definition) is 3. The van der Waals surface area contributed by atoms with Crippen LogP contribution in [0, 0.1) is 11.3 Å². The molecule has 0 amide bonds. The minimum atomic E-state index is -0.0846. The first kappa shape index (κ1) is 15.0. The zero-order valence-electron chi connectivity index (χ0n) is 13.0. The standard InChI is InChI=1S/C16H30N2O/c1-16(2)8-6-7-14(15(16)19)13-17(3)11-12-18-9-4-5-10-18/h14H,4-13H2,1-3H3. The largest absolute Gasteiger partial charge is 0.304 e. The Balaban J connectivity index is 1.74. The van der Waals surface area contributed by atoms with Gasteiger partial charge in [-0.25, -0.2) is 0 Å². The Morgan fingerprint density at radius 3 is 2.63 bits per heavy atom. The second kappa shape index (κ2) is 6.36. The molecule has 2 fully saturated rings. The molecule has 1 saturated heterocycles. The number of carbonyl (C=O) groups excluding carboxylic acids is 1. The molecule has 1 saturated carbocycles. The first-order chi connectivity index (χ1) is 8.99. The normalized spacial score (nSPS) is 28.2. The summed E-state index contributed by atoms with van der Waals surface area (Å²) < 4.78 is 0. The number of rotatable bonds is 5. The van der Waals surface area contributed by atoms with E-state index in [2.05, 4.69) is 30.7 Å². The third-order valence-electron chi connectivity index (χ3n) is 4.92. The lowest BCUT2D eigenvalue weighted by molar-refractivity contribution is -0.134. The highest BCUT2D eigenvalue weighted by Gasteiger charge is 2.37. The molecule has 0 aromatic heterocycles. The van der Waals surface area contributed by atoms with Crippen molar-refractivity contribution in [2.45, 2.75) is 46.0 Å². The summed E-state index contributed by atoms with van der Waals surface area (Å²) in [4.78, 5) is 17.3. The molecule has 0 spiro atoms. The summed E-state index contributed by atoms with van der Waals surface area (Å²) in [5.74, 6) is 0.763. The Hall–Kier alpha value is -0.410. The molecule has 0 radical (unpaired) electrons. The van der Waals surface area contributed by atoms with Gasteiger partial charge in [-0.3, -0.25) is 4.79 Å². The Morgan fingerprint density at radius 2 is 1.95 bits per heavy atom. The van der Waals surface area contributed by atoms with Gasteiger partial charge in [-0.1, -0.05) is 20.3 Å². The summed E-state index contributed by atoms with van der Waals surface area (Å²) in [7, 11) is 2.17. The van der Waals surface area contributed by atoms with E-state index < -0.39 is 0 Å². The van der Waals surface area contributed by atoms with Gasteiger partial charge in [0.2, 0.25) is 0 Å². The summed E-state index contributed by atoms with van der Waals surface area (Å²) in [5, 5.41) is 0. The monoisotopic (exact) mass is 266 g/mol. The van der Waals surface area contributed by atoms with Crippen LogP contribution in [0.3, 0.4) is 0 Å². The molecule has 110 valence electrons. The average Bonchev–Trinajstić information content (AvgIpc) is 2.85. The quantitative estimate of drug-likeness (QED) is 0.763. The van der Waals surface area contributed by atoms with Crippen LogP contribution >= 0.6 is 0 Å². The van der Waals surface area contributed by atoms with Crippen LogP contribution in [0.2, 0.25) is 0 Å². The molecule has 1 aliphatic carbocycles. The van der Waals surface area contributed by atoms with Gasteiger partial charge >= 0.3 is 0 Å². The lowest BCUT2D eigenvalue weighted by atomic mass is 9.71. The van der Waals surface area contributed by atoms with Crippen molar-refractivity contribution in [1.82, 2.24) is 9.80 Å². The third kappa shape index (κ3) is 4.03. The van der Waals surface area contributed by atoms with Gasteiger partial charge in [0.15, 0.2) is 0 Å². The molecule has 1 aliphatic heterocycles. The number of likely N-dealkylation sites (tertiary alicyclic amines) is 1. The number of nitrogens with zero attached hydrogens (tertiary/aromatic N) is 2. The van der Waals surface area contributed by atoms with Crippen LogP contribution < -0.4 is 0 Å². The Bertz CT molecular complexity index is 308. The number of Topliss-reactive ketones (excluding diaryl/α,β-unsaturated/α-hetero) is 1. The molecular formula is C16H30N2O. The Kier molecular flexibility index (Phi) is 5.02. The van der Waals surface area contributed by atoms with Gasteiger partial charge < -0.3 is 9.80 Å². The number of carbonyl (C=O) groups is 1. The summed E-state index contributed by atoms with van der Waals surface area (Å²) in [6.07, 6.45) is 6.09. The van der Waals surface area contributed by atoms with E-state index in [0.29, 0.717) is 5.78 Å². The van der Waals surface area contributed by atoms with Crippen molar-refractivity contribution in [2.24, 2.45) is 11.3 Å². The van der Waals surface area contributed by atoms with E-state index in [1.54, 1.807) is 0 Å². The lowest BCUT2D eigenvalue weighted by Gasteiger charge is -2.35. The van der Waals surface area contributed by atoms with Crippen LogP contribution in [0.4, 0.5) is 0 Å². The van der Waals surface area contributed by atoms with Crippen LogP contribution in [0.25, 0.3) is 0 Å². The zero-order valence-corrected chi connectivity index (χ0v) is 13.0. The van der Waals surface area contributed by atoms with Crippen molar-refractivity contribution in [2.75, 3.05) is 39.8 Å². The lowest BCUT2D eigenvalue weighted by Crippen LogP contribution is -2.42. The van der Waals surface area contributed by atoms with E-state index in [1.807, 2.05) is 0 Å². The number of likely N-dealkylation sites (N-methyl/N-ethyl adjacent to an activating group) is 1. The minimum Gasteiger partial charge on any atom is -0.304 e. The molecule has 0 aromatic rings. The predicted molar refractivity (Wildman–Crippen MR) is 79.3 cm³/mol. The van der Waals surface area contributed by atoms with Crippen molar-refractivity contribution in [3.63, 3.8) is 0 Å². The molecular weight excluding hydrogens is 236 g/mol. The van der Waals surface area contributed by atoms with Crippen molar-refractivity contribution < 1.29 is 4.79 Å². The molecule has 1 heterocycles. The molecule has 1 atom stereocenters. The maximum Gasteiger partial charge on any atom is 0.142 e. The van der Waals surface area contributed by atoms with E-state index in [4.69, 9.17) is 0 Å². The Labute approximate surface area is 118 Å². The van der Waals surface area contributed by atoms with Crippen molar-refractivity contribution in [1.29, 1.82) is 0 Å². The molecule has 1 unspecified atom stereocenters. The highest BCUT2D eigenvalue weighted by molar-refractivity contribution is 5.87. The van der Waals surface area contributed by atoms with E-state index in [-0.39, 0.29) is 11.3 Å².